The molecule has 17 heavy (non-hydrogen) atoms. The van der Waals surface area contributed by atoms with E-state index in [0.29, 0.717) is 5.56 Å². The van der Waals surface area contributed by atoms with E-state index in [2.05, 4.69) is 19.9 Å². The highest BCUT2D eigenvalue weighted by molar-refractivity contribution is 5.94. The van der Waals surface area contributed by atoms with Gasteiger partial charge in [0.15, 0.2) is 0 Å². The van der Waals surface area contributed by atoms with Gasteiger partial charge in [-0.3, -0.25) is 0 Å². The third-order valence-electron chi connectivity index (χ3n) is 3.38. The average Bonchev–Trinajstić information content (AvgIpc) is 2.27. The summed E-state index contributed by atoms with van der Waals surface area (Å²) in [4.78, 5) is 11.2. The maximum absolute atomic E-state index is 11.2. The highest BCUT2D eigenvalue weighted by atomic mass is 16.4. The van der Waals surface area contributed by atoms with Crippen molar-refractivity contribution in [2.75, 3.05) is 0 Å². The molecular weight excluding hydrogens is 212 g/mol. The SMILES string of the molecule is CC1(C)CCC=C(c2ccccc2C(=O)O)C1. The normalized spacial score (nSPS) is 18.6. The Morgan fingerprint density at radius 2 is 2.00 bits per heavy atom. The van der Waals surface area contributed by atoms with Crippen LogP contribution in [0.15, 0.2) is 30.3 Å². The lowest BCUT2D eigenvalue weighted by atomic mass is 9.75. The molecule has 1 aliphatic rings. The van der Waals surface area contributed by atoms with E-state index >= 15 is 0 Å². The largest absolute Gasteiger partial charge is 0.478 e. The smallest absolute Gasteiger partial charge is 0.336 e. The minimum Gasteiger partial charge on any atom is -0.478 e. The zero-order valence-corrected chi connectivity index (χ0v) is 10.4. The Hall–Kier alpha value is -1.57. The monoisotopic (exact) mass is 230 g/mol. The third-order valence-corrected chi connectivity index (χ3v) is 3.38. The molecule has 0 fully saturated rings. The summed E-state index contributed by atoms with van der Waals surface area (Å²) in [6, 6.07) is 7.28. The molecule has 0 bridgehead atoms. The van der Waals surface area contributed by atoms with Crippen molar-refractivity contribution in [2.24, 2.45) is 5.41 Å². The van der Waals surface area contributed by atoms with Gasteiger partial charge in [-0.15, -0.1) is 0 Å². The summed E-state index contributed by atoms with van der Waals surface area (Å²) in [6.07, 6.45) is 5.35. The second kappa shape index (κ2) is 4.36. The molecule has 2 nitrogen and oxygen atoms in total. The Labute approximate surface area is 102 Å². The predicted molar refractivity (Wildman–Crippen MR) is 69.0 cm³/mol. The molecule has 0 atom stereocenters. The van der Waals surface area contributed by atoms with E-state index in [0.717, 1.165) is 18.4 Å². The summed E-state index contributed by atoms with van der Waals surface area (Å²) in [7, 11) is 0. The summed E-state index contributed by atoms with van der Waals surface area (Å²) in [6.45, 7) is 4.48. The quantitative estimate of drug-likeness (QED) is 0.834. The van der Waals surface area contributed by atoms with Crippen molar-refractivity contribution in [1.29, 1.82) is 0 Å². The fraction of sp³-hybridized carbons (Fsp3) is 0.400. The summed E-state index contributed by atoms with van der Waals surface area (Å²) in [5.41, 5.74) is 2.75. The van der Waals surface area contributed by atoms with Gasteiger partial charge in [0, 0.05) is 0 Å². The standard InChI is InChI=1S/C15H18O2/c1-15(2)9-5-6-11(10-15)12-7-3-4-8-13(12)14(16)17/h3-4,6-8H,5,9-10H2,1-2H3,(H,16,17). The van der Waals surface area contributed by atoms with Crippen LogP contribution in [0.25, 0.3) is 5.57 Å². The minimum absolute atomic E-state index is 0.274. The average molecular weight is 230 g/mol. The molecule has 0 radical (unpaired) electrons. The molecule has 0 aromatic heterocycles. The van der Waals surface area contributed by atoms with Crippen LogP contribution < -0.4 is 0 Å². The molecule has 0 heterocycles. The van der Waals surface area contributed by atoms with Crippen molar-refractivity contribution in [3.63, 3.8) is 0 Å². The maximum Gasteiger partial charge on any atom is 0.336 e. The van der Waals surface area contributed by atoms with Crippen LogP contribution in [0.2, 0.25) is 0 Å². The van der Waals surface area contributed by atoms with Gasteiger partial charge < -0.3 is 5.11 Å². The lowest BCUT2D eigenvalue weighted by Crippen LogP contribution is -2.16. The molecule has 90 valence electrons. The third kappa shape index (κ3) is 2.57. The Balaban J connectivity index is 2.41. The topological polar surface area (TPSA) is 37.3 Å². The lowest BCUT2D eigenvalue weighted by molar-refractivity contribution is 0.0696. The molecule has 1 aliphatic carbocycles. The van der Waals surface area contributed by atoms with Crippen molar-refractivity contribution in [2.45, 2.75) is 33.1 Å². The first-order chi connectivity index (χ1) is 7.99. The minimum atomic E-state index is -0.843. The van der Waals surface area contributed by atoms with Crippen LogP contribution in [0.5, 0.6) is 0 Å². The molecule has 0 spiro atoms. The van der Waals surface area contributed by atoms with Gasteiger partial charge in [0.05, 0.1) is 5.56 Å². The number of benzene rings is 1. The second-order valence-electron chi connectivity index (χ2n) is 5.46. The van der Waals surface area contributed by atoms with E-state index in [9.17, 15) is 9.90 Å². The summed E-state index contributed by atoms with van der Waals surface area (Å²) >= 11 is 0. The lowest BCUT2D eigenvalue weighted by Gasteiger charge is -2.30. The molecular formula is C15H18O2. The Morgan fingerprint density at radius 3 is 2.65 bits per heavy atom. The van der Waals surface area contributed by atoms with Gasteiger partial charge in [-0.1, -0.05) is 38.1 Å². The Morgan fingerprint density at radius 1 is 1.29 bits per heavy atom. The van der Waals surface area contributed by atoms with Crippen LogP contribution in [0.1, 0.15) is 49.0 Å². The van der Waals surface area contributed by atoms with Crippen LogP contribution in [-0.2, 0) is 0 Å². The molecule has 0 saturated heterocycles. The van der Waals surface area contributed by atoms with Gasteiger partial charge >= 0.3 is 5.97 Å². The molecule has 1 N–H and O–H groups in total. The van der Waals surface area contributed by atoms with Gasteiger partial charge in [-0.05, 0) is 41.9 Å². The molecule has 2 heteroatoms. The zero-order valence-electron chi connectivity index (χ0n) is 10.4. The van der Waals surface area contributed by atoms with Crippen LogP contribution in [0, 0.1) is 5.41 Å². The number of carboxylic acid groups (broad SMARTS) is 1. The molecule has 2 rings (SSSR count). The van der Waals surface area contributed by atoms with Crippen molar-refractivity contribution < 1.29 is 9.90 Å². The van der Waals surface area contributed by atoms with E-state index in [-0.39, 0.29) is 5.41 Å². The van der Waals surface area contributed by atoms with E-state index < -0.39 is 5.97 Å². The fourth-order valence-corrected chi connectivity index (χ4v) is 2.47. The molecule has 0 aliphatic heterocycles. The zero-order chi connectivity index (χ0) is 12.5. The molecule has 0 amide bonds. The molecule has 1 aromatic carbocycles. The first-order valence-corrected chi connectivity index (χ1v) is 6.01. The van der Waals surface area contributed by atoms with Crippen molar-refractivity contribution >= 4 is 11.5 Å². The van der Waals surface area contributed by atoms with Crippen molar-refractivity contribution in [1.82, 2.24) is 0 Å². The number of aromatic carboxylic acids is 1. The summed E-state index contributed by atoms with van der Waals surface area (Å²) < 4.78 is 0. The number of hydrogen-bond donors (Lipinski definition) is 1. The van der Waals surface area contributed by atoms with E-state index in [1.165, 1.54) is 12.0 Å². The number of hydrogen-bond acceptors (Lipinski definition) is 1. The van der Waals surface area contributed by atoms with Gasteiger partial charge in [-0.2, -0.15) is 0 Å². The summed E-state index contributed by atoms with van der Waals surface area (Å²) in [5, 5.41) is 9.20. The van der Waals surface area contributed by atoms with E-state index in [1.807, 2.05) is 12.1 Å². The number of allylic oxidation sites excluding steroid dienone is 2. The van der Waals surface area contributed by atoms with Gasteiger partial charge in [0.2, 0.25) is 0 Å². The fourth-order valence-electron chi connectivity index (χ4n) is 2.47. The van der Waals surface area contributed by atoms with Crippen molar-refractivity contribution in [3.8, 4) is 0 Å². The van der Waals surface area contributed by atoms with Crippen LogP contribution in [0.4, 0.5) is 0 Å². The van der Waals surface area contributed by atoms with Gasteiger partial charge in [-0.25, -0.2) is 4.79 Å². The second-order valence-corrected chi connectivity index (χ2v) is 5.46. The molecule has 0 saturated carbocycles. The van der Waals surface area contributed by atoms with Gasteiger partial charge in [0.25, 0.3) is 0 Å². The maximum atomic E-state index is 11.2. The summed E-state index contributed by atoms with van der Waals surface area (Å²) in [5.74, 6) is -0.843. The highest BCUT2D eigenvalue weighted by Gasteiger charge is 2.25. The van der Waals surface area contributed by atoms with Crippen LogP contribution in [0.3, 0.4) is 0 Å². The first kappa shape index (κ1) is 11.9. The van der Waals surface area contributed by atoms with Crippen LogP contribution in [-0.4, -0.2) is 11.1 Å². The first-order valence-electron chi connectivity index (χ1n) is 6.01. The highest BCUT2D eigenvalue weighted by Crippen LogP contribution is 2.40. The van der Waals surface area contributed by atoms with E-state index in [1.54, 1.807) is 12.1 Å². The Bertz CT molecular complexity index is 470. The molecule has 1 aromatic rings. The number of carboxylic acids is 1. The van der Waals surface area contributed by atoms with Gasteiger partial charge in [0.1, 0.15) is 0 Å². The number of rotatable bonds is 2. The molecule has 0 unspecified atom stereocenters. The number of carbonyl (C=O) groups is 1. The predicted octanol–water partition coefficient (Wildman–Crippen LogP) is 3.98. The van der Waals surface area contributed by atoms with Crippen molar-refractivity contribution in [3.05, 3.63) is 41.5 Å². The van der Waals surface area contributed by atoms with Crippen LogP contribution >= 0.6 is 0 Å². The van der Waals surface area contributed by atoms with E-state index in [4.69, 9.17) is 0 Å². The Kier molecular flexibility index (Phi) is 3.05.